The Labute approximate surface area is 432 Å². The standard InChI is InChI=1S/C59H77N2O8PSi2/c1-15-34-66-56(64)55(70-50-33-32-47(42-26-20-17-21-27-42)52(43-28-22-18-23-29-43)53(50)44-30-24-19-25-31-44)61-48(51(54(61)63)41(4)68-71(11,12)58(5,6)7)38-49(62)40(3)36-45-37-46(69-72(13,14)59(8,9)10)39-60(45)57(65)67-35-16-2/h15-33,36,41,45-46,48,51H,1-2,34-35,37-39,70H2,3-14H3/t41-,45-,46-,48-,51-/m1/s1. The number of likely N-dealkylation sites (tertiary alicyclic amines) is 2. The molecule has 2 saturated heterocycles. The van der Waals surface area contributed by atoms with Crippen LogP contribution in [0.5, 0.6) is 0 Å². The van der Waals surface area contributed by atoms with E-state index in [0.717, 1.165) is 38.7 Å². The predicted molar refractivity (Wildman–Crippen MR) is 302 cm³/mol. The summed E-state index contributed by atoms with van der Waals surface area (Å²) >= 11 is 0. The molecule has 0 bridgehead atoms. The molecule has 6 atom stereocenters. The van der Waals surface area contributed by atoms with Gasteiger partial charge in [-0.15, -0.1) is 0 Å². The highest BCUT2D eigenvalue weighted by molar-refractivity contribution is 7.51. The first-order valence-electron chi connectivity index (χ1n) is 25.2. The molecule has 2 aliphatic heterocycles. The number of rotatable bonds is 19. The third-order valence-corrected chi connectivity index (χ3v) is 25.7. The second-order valence-electron chi connectivity index (χ2n) is 22.1. The second-order valence-corrected chi connectivity index (χ2v) is 33.1. The maximum absolute atomic E-state index is 15.1. The molecule has 72 heavy (non-hydrogen) atoms. The van der Waals surface area contributed by atoms with E-state index < -0.39 is 61.0 Å². The molecule has 384 valence electrons. The van der Waals surface area contributed by atoms with Crippen LogP contribution in [-0.2, 0) is 32.7 Å². The smallest absolute Gasteiger partial charge is 0.410 e. The van der Waals surface area contributed by atoms with E-state index in [0.29, 0.717) is 18.5 Å². The fourth-order valence-corrected chi connectivity index (χ4v) is 13.5. The zero-order valence-corrected chi connectivity index (χ0v) is 47.8. The minimum atomic E-state index is -2.43. The summed E-state index contributed by atoms with van der Waals surface area (Å²) in [6.07, 6.45) is 3.94. The summed E-state index contributed by atoms with van der Waals surface area (Å²) in [4.78, 5) is 61.4. The number of carbonyl (C=O) groups is 4. The third-order valence-electron chi connectivity index (χ3n) is 15.0. The van der Waals surface area contributed by atoms with Crippen molar-refractivity contribution in [2.75, 3.05) is 19.8 Å². The predicted octanol–water partition coefficient (Wildman–Crippen LogP) is 12.5. The molecule has 4 aromatic rings. The molecule has 2 amide bonds. The minimum Gasteiger partial charge on any atom is -0.457 e. The Hall–Kier alpha value is -5.37. The largest absolute Gasteiger partial charge is 0.457 e. The number of carbonyl (C=O) groups excluding carboxylic acids is 4. The van der Waals surface area contributed by atoms with Gasteiger partial charge in [-0.3, -0.25) is 14.5 Å². The zero-order valence-electron chi connectivity index (χ0n) is 44.6. The van der Waals surface area contributed by atoms with Crippen LogP contribution < -0.4 is 5.30 Å². The third kappa shape index (κ3) is 12.7. The van der Waals surface area contributed by atoms with E-state index in [4.69, 9.17) is 18.3 Å². The van der Waals surface area contributed by atoms with Crippen LogP contribution in [0, 0.1) is 5.92 Å². The number of allylic oxidation sites excluding steroid dienone is 1. The summed E-state index contributed by atoms with van der Waals surface area (Å²) in [6, 6.07) is 33.5. The van der Waals surface area contributed by atoms with Gasteiger partial charge in [-0.1, -0.05) is 184 Å². The monoisotopic (exact) mass is 1030 g/mol. The molecule has 0 saturated carbocycles. The molecule has 0 aliphatic carbocycles. The maximum atomic E-state index is 15.1. The van der Waals surface area contributed by atoms with E-state index in [-0.39, 0.29) is 52.9 Å². The summed E-state index contributed by atoms with van der Waals surface area (Å²) in [6.45, 7) is 33.2. The summed E-state index contributed by atoms with van der Waals surface area (Å²) < 4.78 is 25.2. The minimum absolute atomic E-state index is 0.0487. The van der Waals surface area contributed by atoms with Crippen LogP contribution in [0.15, 0.2) is 140 Å². The van der Waals surface area contributed by atoms with E-state index in [2.05, 4.69) is 129 Å². The first-order chi connectivity index (χ1) is 33.9. The van der Waals surface area contributed by atoms with Crippen LogP contribution in [0.4, 0.5) is 4.79 Å². The van der Waals surface area contributed by atoms with Crippen molar-refractivity contribution in [3.63, 3.8) is 0 Å². The van der Waals surface area contributed by atoms with E-state index in [9.17, 15) is 14.4 Å². The molecule has 0 N–H and O–H groups in total. The van der Waals surface area contributed by atoms with Gasteiger partial charge in [-0.05, 0) is 101 Å². The molecule has 2 heterocycles. The van der Waals surface area contributed by atoms with Gasteiger partial charge in [0.05, 0.1) is 30.2 Å². The number of hydrogen-bond donors (Lipinski definition) is 0. The number of esters is 1. The summed E-state index contributed by atoms with van der Waals surface area (Å²) in [5.41, 5.74) is 6.61. The number of ether oxygens (including phenoxy) is 2. The number of amides is 2. The maximum Gasteiger partial charge on any atom is 0.410 e. The normalized spacial score (nSPS) is 19.5. The van der Waals surface area contributed by atoms with Gasteiger partial charge in [0.25, 0.3) is 0 Å². The van der Waals surface area contributed by atoms with Crippen molar-refractivity contribution in [3.8, 4) is 33.4 Å². The Kier molecular flexibility index (Phi) is 18.1. The van der Waals surface area contributed by atoms with Crippen molar-refractivity contribution < 1.29 is 37.5 Å². The molecule has 4 aromatic carbocycles. The van der Waals surface area contributed by atoms with Gasteiger partial charge in [-0.25, -0.2) is 9.59 Å². The zero-order chi connectivity index (χ0) is 52.8. The highest BCUT2D eigenvalue weighted by Gasteiger charge is 2.55. The average Bonchev–Trinajstić information content (AvgIpc) is 3.72. The van der Waals surface area contributed by atoms with Gasteiger partial charge < -0.3 is 23.2 Å². The Morgan fingerprint density at radius 1 is 0.750 bits per heavy atom. The molecule has 6 rings (SSSR count). The van der Waals surface area contributed by atoms with Gasteiger partial charge >= 0.3 is 12.1 Å². The number of benzene rings is 4. The molecule has 0 radical (unpaired) electrons. The number of ketones is 1. The molecule has 10 nitrogen and oxygen atoms in total. The lowest BCUT2D eigenvalue weighted by molar-refractivity contribution is -0.157. The fourth-order valence-electron chi connectivity index (χ4n) is 9.13. The summed E-state index contributed by atoms with van der Waals surface area (Å²) in [5, 5.41) is 0.674. The number of Topliss-reactive ketones (excluding diaryl/α,β-unsaturated/α-hetero) is 1. The van der Waals surface area contributed by atoms with Crippen molar-refractivity contribution >= 4 is 59.3 Å². The molecular formula is C59H77N2O8PSi2. The van der Waals surface area contributed by atoms with Crippen LogP contribution >= 0.6 is 8.20 Å². The van der Waals surface area contributed by atoms with Crippen LogP contribution in [0.25, 0.3) is 33.4 Å². The van der Waals surface area contributed by atoms with Gasteiger partial charge in [0, 0.05) is 13.0 Å². The SMILES string of the molecule is C=CCOC(=O)/C(=[PH2]/c1ccc(-c2ccccc2)c(-c2ccccc2)c1-c1ccccc1)N1C(=O)[C@H]([C@@H](C)O[Si](C)(C)C(C)(C)C)[C@H]1CC(=O)C(C)=C[C@@H]1C[C@@H](O[Si](C)(C)C(C)(C)C)CN1C(=O)OCC=C. The quantitative estimate of drug-likeness (QED) is 0.0228. The Morgan fingerprint density at radius 2 is 1.28 bits per heavy atom. The van der Waals surface area contributed by atoms with Gasteiger partial charge in [0.2, 0.25) is 5.91 Å². The lowest BCUT2D eigenvalue weighted by Gasteiger charge is -2.51. The molecule has 13 heteroatoms. The van der Waals surface area contributed by atoms with Crippen LogP contribution in [0.3, 0.4) is 0 Å². The van der Waals surface area contributed by atoms with Gasteiger partial charge in [-0.2, -0.15) is 0 Å². The van der Waals surface area contributed by atoms with E-state index in [1.54, 1.807) is 16.7 Å². The van der Waals surface area contributed by atoms with Gasteiger partial charge in [0.1, 0.15) is 18.6 Å². The number of nitrogens with zero attached hydrogens (tertiary/aromatic N) is 2. The molecule has 2 fully saturated rings. The van der Waals surface area contributed by atoms with E-state index >= 15 is 4.79 Å². The Balaban J connectivity index is 1.49. The van der Waals surface area contributed by atoms with E-state index in [1.165, 1.54) is 12.2 Å². The van der Waals surface area contributed by atoms with Crippen molar-refractivity contribution in [1.29, 1.82) is 0 Å². The summed E-state index contributed by atoms with van der Waals surface area (Å²) in [7, 11) is -5.77. The number of β-lactam (4-membered cyclic amide) rings is 1. The van der Waals surface area contributed by atoms with Crippen molar-refractivity contribution in [2.24, 2.45) is 5.92 Å². The van der Waals surface area contributed by atoms with Crippen molar-refractivity contribution in [1.82, 2.24) is 9.80 Å². The Bertz CT molecular complexity index is 2670. The molecular weight excluding hydrogens is 952 g/mol. The van der Waals surface area contributed by atoms with Gasteiger partial charge in [0.15, 0.2) is 22.4 Å². The fraction of sp³-hybridized carbons (Fsp3) is 0.407. The summed E-state index contributed by atoms with van der Waals surface area (Å²) in [5.74, 6) is -1.88. The van der Waals surface area contributed by atoms with E-state index in [1.807, 2.05) is 67.6 Å². The topological polar surface area (TPSA) is 112 Å². The van der Waals surface area contributed by atoms with Crippen LogP contribution in [0.1, 0.15) is 68.2 Å². The Morgan fingerprint density at radius 3 is 1.82 bits per heavy atom. The molecule has 0 spiro atoms. The highest BCUT2D eigenvalue weighted by Crippen LogP contribution is 2.45. The number of hydrogen-bond acceptors (Lipinski definition) is 8. The van der Waals surface area contributed by atoms with Crippen molar-refractivity contribution in [3.05, 3.63) is 140 Å². The highest BCUT2D eigenvalue weighted by atomic mass is 31.1. The lowest BCUT2D eigenvalue weighted by atomic mass is 9.79. The first kappa shape index (κ1) is 55.9. The average molecular weight is 1030 g/mol. The molecule has 2 aliphatic rings. The first-order valence-corrected chi connectivity index (χ1v) is 32.2. The molecule has 1 unspecified atom stereocenters. The van der Waals surface area contributed by atoms with Crippen LogP contribution in [-0.4, -0.2) is 99.7 Å². The van der Waals surface area contributed by atoms with Crippen molar-refractivity contribution in [2.45, 2.75) is 129 Å². The van der Waals surface area contributed by atoms with Crippen LogP contribution in [0.2, 0.25) is 36.3 Å². The lowest BCUT2D eigenvalue weighted by Crippen LogP contribution is -2.68. The second kappa shape index (κ2) is 23.2. The molecule has 0 aromatic heterocycles.